The predicted octanol–water partition coefficient (Wildman–Crippen LogP) is 0.658. The number of hydrogen-bond donors (Lipinski definition) is 1. The first-order valence-electron chi connectivity index (χ1n) is 8.57. The highest BCUT2D eigenvalue weighted by Gasteiger charge is 2.30. The number of carbonyl (C=O) groups is 2. The molecule has 1 atom stereocenters. The van der Waals surface area contributed by atoms with Gasteiger partial charge in [-0.1, -0.05) is 17.7 Å². The molecule has 2 aliphatic rings. The Morgan fingerprint density at radius 1 is 1.29 bits per heavy atom. The number of hydrogen-bond acceptors (Lipinski definition) is 4. The second kappa shape index (κ2) is 7.77. The third kappa shape index (κ3) is 4.33. The topological polar surface area (TPSA) is 61.9 Å². The number of benzene rings is 1. The number of carbonyl (C=O) groups excluding carboxylic acids is 2. The SMILES string of the molecule is Cc1cccc(C(=O)N[C@@H]2CC(=O)N(CCN3CCOCC3)C2)c1. The van der Waals surface area contributed by atoms with E-state index in [1.165, 1.54) is 0 Å². The van der Waals surface area contributed by atoms with Crippen molar-refractivity contribution in [1.29, 1.82) is 0 Å². The van der Waals surface area contributed by atoms with Crippen LogP contribution in [0.5, 0.6) is 0 Å². The van der Waals surface area contributed by atoms with Crippen molar-refractivity contribution in [3.8, 4) is 0 Å². The molecule has 0 aromatic heterocycles. The molecule has 2 aliphatic heterocycles. The van der Waals surface area contributed by atoms with Gasteiger partial charge in [0.2, 0.25) is 5.91 Å². The van der Waals surface area contributed by atoms with Gasteiger partial charge in [0.05, 0.1) is 19.3 Å². The average molecular weight is 331 g/mol. The number of rotatable bonds is 5. The van der Waals surface area contributed by atoms with E-state index in [4.69, 9.17) is 4.74 Å². The van der Waals surface area contributed by atoms with E-state index in [2.05, 4.69) is 10.2 Å². The number of ether oxygens (including phenoxy) is 1. The molecule has 24 heavy (non-hydrogen) atoms. The fourth-order valence-electron chi connectivity index (χ4n) is 3.23. The Balaban J connectivity index is 1.48. The third-order valence-corrected chi connectivity index (χ3v) is 4.62. The Morgan fingerprint density at radius 2 is 2.08 bits per heavy atom. The van der Waals surface area contributed by atoms with E-state index in [0.29, 0.717) is 18.5 Å². The highest BCUT2D eigenvalue weighted by molar-refractivity contribution is 5.95. The minimum Gasteiger partial charge on any atom is -0.379 e. The zero-order valence-corrected chi connectivity index (χ0v) is 14.2. The minimum atomic E-state index is -0.105. The third-order valence-electron chi connectivity index (χ3n) is 4.62. The Morgan fingerprint density at radius 3 is 2.83 bits per heavy atom. The monoisotopic (exact) mass is 331 g/mol. The quantitative estimate of drug-likeness (QED) is 0.861. The molecule has 0 aliphatic carbocycles. The predicted molar refractivity (Wildman–Crippen MR) is 90.9 cm³/mol. The van der Waals surface area contributed by atoms with Gasteiger partial charge in [-0.3, -0.25) is 14.5 Å². The largest absolute Gasteiger partial charge is 0.379 e. The van der Waals surface area contributed by atoms with Gasteiger partial charge in [0, 0.05) is 44.7 Å². The van der Waals surface area contributed by atoms with E-state index in [9.17, 15) is 9.59 Å². The molecular weight excluding hydrogens is 306 g/mol. The molecular formula is C18H25N3O3. The molecule has 6 heteroatoms. The maximum absolute atomic E-state index is 12.3. The first kappa shape index (κ1) is 16.9. The summed E-state index contributed by atoms with van der Waals surface area (Å²) in [6.07, 6.45) is 0.390. The first-order valence-corrected chi connectivity index (χ1v) is 8.57. The van der Waals surface area contributed by atoms with Crippen LogP contribution in [0.25, 0.3) is 0 Å². The molecule has 0 radical (unpaired) electrons. The fourth-order valence-corrected chi connectivity index (χ4v) is 3.23. The van der Waals surface area contributed by atoms with Crippen molar-refractivity contribution in [2.45, 2.75) is 19.4 Å². The Kier molecular flexibility index (Phi) is 5.48. The van der Waals surface area contributed by atoms with Crippen LogP contribution in [0.3, 0.4) is 0 Å². The molecule has 2 saturated heterocycles. The van der Waals surface area contributed by atoms with Gasteiger partial charge in [0.1, 0.15) is 0 Å². The Hall–Kier alpha value is -1.92. The molecule has 0 bridgehead atoms. The number of likely N-dealkylation sites (tertiary alicyclic amines) is 1. The molecule has 3 rings (SSSR count). The van der Waals surface area contributed by atoms with Crippen LogP contribution in [0.2, 0.25) is 0 Å². The van der Waals surface area contributed by atoms with Gasteiger partial charge < -0.3 is 15.0 Å². The first-order chi connectivity index (χ1) is 11.6. The lowest BCUT2D eigenvalue weighted by Gasteiger charge is -2.28. The fraction of sp³-hybridized carbons (Fsp3) is 0.556. The van der Waals surface area contributed by atoms with Crippen LogP contribution in [0, 0.1) is 6.92 Å². The molecule has 1 N–H and O–H groups in total. The van der Waals surface area contributed by atoms with Crippen LogP contribution in [0.15, 0.2) is 24.3 Å². The Bertz CT molecular complexity index is 599. The summed E-state index contributed by atoms with van der Waals surface area (Å²) in [5.41, 5.74) is 1.70. The van der Waals surface area contributed by atoms with Crippen LogP contribution >= 0.6 is 0 Å². The van der Waals surface area contributed by atoms with Crippen molar-refractivity contribution in [3.63, 3.8) is 0 Å². The molecule has 0 spiro atoms. The number of aryl methyl sites for hydroxylation is 1. The molecule has 1 aromatic carbocycles. The highest BCUT2D eigenvalue weighted by Crippen LogP contribution is 2.13. The zero-order valence-electron chi connectivity index (χ0n) is 14.2. The number of nitrogens with zero attached hydrogens (tertiary/aromatic N) is 2. The smallest absolute Gasteiger partial charge is 0.251 e. The van der Waals surface area contributed by atoms with Crippen molar-refractivity contribution in [2.24, 2.45) is 0 Å². The summed E-state index contributed by atoms with van der Waals surface area (Å²) in [4.78, 5) is 28.6. The Labute approximate surface area is 142 Å². The molecule has 0 unspecified atom stereocenters. The van der Waals surface area contributed by atoms with E-state index >= 15 is 0 Å². The number of morpholine rings is 1. The van der Waals surface area contributed by atoms with Crippen molar-refractivity contribution in [1.82, 2.24) is 15.1 Å². The lowest BCUT2D eigenvalue weighted by Crippen LogP contribution is -2.42. The summed E-state index contributed by atoms with van der Waals surface area (Å²) in [7, 11) is 0. The van der Waals surface area contributed by atoms with Crippen LogP contribution in [0.4, 0.5) is 0 Å². The maximum atomic E-state index is 12.3. The van der Waals surface area contributed by atoms with Gasteiger partial charge >= 0.3 is 0 Å². The molecule has 0 saturated carbocycles. The molecule has 130 valence electrons. The van der Waals surface area contributed by atoms with Gasteiger partial charge in [-0.25, -0.2) is 0 Å². The van der Waals surface area contributed by atoms with Gasteiger partial charge in [0.25, 0.3) is 5.91 Å². The lowest BCUT2D eigenvalue weighted by molar-refractivity contribution is -0.128. The zero-order chi connectivity index (χ0) is 16.9. The van der Waals surface area contributed by atoms with Crippen LogP contribution in [0.1, 0.15) is 22.3 Å². The van der Waals surface area contributed by atoms with Gasteiger partial charge in [-0.2, -0.15) is 0 Å². The maximum Gasteiger partial charge on any atom is 0.251 e. The second-order valence-corrected chi connectivity index (χ2v) is 6.54. The van der Waals surface area contributed by atoms with Crippen LogP contribution in [-0.2, 0) is 9.53 Å². The normalized spacial score (nSPS) is 22.0. The van der Waals surface area contributed by atoms with Gasteiger partial charge in [0.15, 0.2) is 0 Å². The van der Waals surface area contributed by atoms with Crippen molar-refractivity contribution in [2.75, 3.05) is 45.9 Å². The second-order valence-electron chi connectivity index (χ2n) is 6.54. The molecule has 2 amide bonds. The van der Waals surface area contributed by atoms with E-state index in [-0.39, 0.29) is 17.9 Å². The summed E-state index contributed by atoms with van der Waals surface area (Å²) in [6, 6.07) is 7.40. The lowest BCUT2D eigenvalue weighted by atomic mass is 10.1. The number of amides is 2. The van der Waals surface area contributed by atoms with Crippen molar-refractivity contribution >= 4 is 11.8 Å². The van der Waals surface area contributed by atoms with Crippen LogP contribution < -0.4 is 5.32 Å². The van der Waals surface area contributed by atoms with Crippen molar-refractivity contribution < 1.29 is 14.3 Å². The molecule has 1 aromatic rings. The summed E-state index contributed by atoms with van der Waals surface area (Å²) in [6.45, 7) is 7.53. The minimum absolute atomic E-state index is 0.102. The summed E-state index contributed by atoms with van der Waals surface area (Å²) in [5.74, 6) is 0.0179. The molecule has 2 fully saturated rings. The van der Waals surface area contributed by atoms with Crippen molar-refractivity contribution in [3.05, 3.63) is 35.4 Å². The van der Waals surface area contributed by atoms with E-state index in [1.807, 2.05) is 30.0 Å². The van der Waals surface area contributed by atoms with E-state index in [1.54, 1.807) is 6.07 Å². The van der Waals surface area contributed by atoms with E-state index < -0.39 is 0 Å². The molecule has 2 heterocycles. The summed E-state index contributed by atoms with van der Waals surface area (Å²) < 4.78 is 5.33. The van der Waals surface area contributed by atoms with Gasteiger partial charge in [-0.15, -0.1) is 0 Å². The average Bonchev–Trinajstić information content (AvgIpc) is 2.93. The van der Waals surface area contributed by atoms with E-state index in [0.717, 1.165) is 45.0 Å². The highest BCUT2D eigenvalue weighted by atomic mass is 16.5. The summed E-state index contributed by atoms with van der Waals surface area (Å²) >= 11 is 0. The number of nitrogens with one attached hydrogen (secondary N) is 1. The molecule has 6 nitrogen and oxygen atoms in total. The summed E-state index contributed by atoms with van der Waals surface area (Å²) in [5, 5.41) is 2.99. The standard InChI is InChI=1S/C18H25N3O3/c1-14-3-2-4-15(11-14)18(23)19-16-12-17(22)21(13-16)6-5-20-7-9-24-10-8-20/h2-4,11,16H,5-10,12-13H2,1H3,(H,19,23)/t16-/m1/s1. The van der Waals surface area contributed by atoms with Crippen LogP contribution in [-0.4, -0.2) is 73.6 Å². The van der Waals surface area contributed by atoms with Gasteiger partial charge in [-0.05, 0) is 19.1 Å².